The summed E-state index contributed by atoms with van der Waals surface area (Å²) in [6, 6.07) is 4.57. The highest BCUT2D eigenvalue weighted by Gasteiger charge is 2.19. The van der Waals surface area contributed by atoms with E-state index < -0.39 is 12.5 Å². The largest absolute Gasteiger partial charge is 0.433 e. The van der Waals surface area contributed by atoms with E-state index in [2.05, 4.69) is 52.1 Å². The number of hydrogen-bond donors (Lipinski definition) is 2. The third-order valence-electron chi connectivity index (χ3n) is 2.48. The van der Waals surface area contributed by atoms with Gasteiger partial charge in [-0.05, 0) is 56.5 Å². The number of carbonyl (C=O) groups is 1. The number of amides is 1. The van der Waals surface area contributed by atoms with Crippen molar-refractivity contribution in [2.24, 2.45) is 0 Å². The minimum absolute atomic E-state index is 0.0884. The standard InChI is InChI=1S/C12H9Br2F2N3O2/c1-5-2-3-6(7(4-5)21-12(15)16)17-11(20)9-8(13)10(14)19-18-9/h2-4,12H,1H3,(H,17,20)(H,18,19). The van der Waals surface area contributed by atoms with Crippen LogP contribution in [0.3, 0.4) is 0 Å². The lowest BCUT2D eigenvalue weighted by atomic mass is 10.2. The summed E-state index contributed by atoms with van der Waals surface area (Å²) in [6.45, 7) is -1.25. The van der Waals surface area contributed by atoms with Crippen molar-refractivity contribution in [1.29, 1.82) is 0 Å². The van der Waals surface area contributed by atoms with E-state index in [0.717, 1.165) is 5.56 Å². The number of ether oxygens (including phenoxy) is 1. The Morgan fingerprint density at radius 3 is 2.71 bits per heavy atom. The molecule has 0 radical (unpaired) electrons. The predicted molar refractivity (Wildman–Crippen MR) is 79.8 cm³/mol. The molecule has 21 heavy (non-hydrogen) atoms. The van der Waals surface area contributed by atoms with Crippen molar-refractivity contribution in [2.45, 2.75) is 13.5 Å². The molecule has 9 heteroatoms. The zero-order valence-electron chi connectivity index (χ0n) is 10.6. The molecular formula is C12H9Br2F2N3O2. The van der Waals surface area contributed by atoms with E-state index in [4.69, 9.17) is 0 Å². The van der Waals surface area contributed by atoms with Gasteiger partial charge in [-0.25, -0.2) is 0 Å². The lowest BCUT2D eigenvalue weighted by Gasteiger charge is -2.12. The summed E-state index contributed by atoms with van der Waals surface area (Å²) in [5.41, 5.74) is 0.953. The van der Waals surface area contributed by atoms with Crippen LogP contribution in [-0.4, -0.2) is 22.7 Å². The number of rotatable bonds is 4. The van der Waals surface area contributed by atoms with Gasteiger partial charge in [0.15, 0.2) is 5.69 Å². The zero-order valence-corrected chi connectivity index (χ0v) is 13.8. The fraction of sp³-hybridized carbons (Fsp3) is 0.167. The monoisotopic (exact) mass is 423 g/mol. The number of hydrogen-bond acceptors (Lipinski definition) is 3. The van der Waals surface area contributed by atoms with Crippen LogP contribution in [0.25, 0.3) is 0 Å². The van der Waals surface area contributed by atoms with Gasteiger partial charge in [0, 0.05) is 0 Å². The highest BCUT2D eigenvalue weighted by molar-refractivity contribution is 9.13. The molecule has 0 saturated carbocycles. The Morgan fingerprint density at radius 2 is 2.14 bits per heavy atom. The van der Waals surface area contributed by atoms with Gasteiger partial charge in [0.2, 0.25) is 0 Å². The van der Waals surface area contributed by atoms with E-state index in [1.54, 1.807) is 13.0 Å². The van der Waals surface area contributed by atoms with E-state index in [-0.39, 0.29) is 17.1 Å². The number of alkyl halides is 2. The summed E-state index contributed by atoms with van der Waals surface area (Å²) in [5.74, 6) is -0.670. The molecule has 1 aromatic heterocycles. The van der Waals surface area contributed by atoms with Crippen molar-refractivity contribution >= 4 is 43.5 Å². The molecule has 0 saturated heterocycles. The number of halogens is 4. The van der Waals surface area contributed by atoms with Crippen molar-refractivity contribution in [3.63, 3.8) is 0 Å². The third kappa shape index (κ3) is 3.79. The van der Waals surface area contributed by atoms with Crippen LogP contribution in [0.5, 0.6) is 5.75 Å². The number of benzene rings is 1. The SMILES string of the molecule is Cc1ccc(NC(=O)c2n[nH]c(Br)c2Br)c(OC(F)F)c1. The van der Waals surface area contributed by atoms with Crippen molar-refractivity contribution in [3.8, 4) is 5.75 Å². The Morgan fingerprint density at radius 1 is 1.43 bits per heavy atom. The van der Waals surface area contributed by atoms with Crippen LogP contribution in [0.1, 0.15) is 16.1 Å². The summed E-state index contributed by atoms with van der Waals surface area (Å²) >= 11 is 6.34. The van der Waals surface area contributed by atoms with E-state index in [1.165, 1.54) is 12.1 Å². The first-order chi connectivity index (χ1) is 9.88. The summed E-state index contributed by atoms with van der Waals surface area (Å²) < 4.78 is 30.1. The van der Waals surface area contributed by atoms with E-state index in [0.29, 0.717) is 9.08 Å². The number of H-pyrrole nitrogens is 1. The highest BCUT2D eigenvalue weighted by atomic mass is 79.9. The maximum absolute atomic E-state index is 12.4. The molecule has 2 N–H and O–H groups in total. The van der Waals surface area contributed by atoms with Crippen LogP contribution in [0, 0.1) is 6.92 Å². The molecule has 0 aliphatic heterocycles. The third-order valence-corrected chi connectivity index (χ3v) is 4.36. The molecule has 0 aliphatic rings. The molecule has 2 aromatic rings. The van der Waals surface area contributed by atoms with Gasteiger partial charge in [0.1, 0.15) is 10.4 Å². The molecule has 0 fully saturated rings. The number of nitrogens with zero attached hydrogens (tertiary/aromatic N) is 1. The first-order valence-corrected chi connectivity index (χ1v) is 7.23. The Balaban J connectivity index is 2.26. The number of nitrogens with one attached hydrogen (secondary N) is 2. The number of aromatic nitrogens is 2. The quantitative estimate of drug-likeness (QED) is 0.776. The minimum atomic E-state index is -2.98. The number of anilines is 1. The van der Waals surface area contributed by atoms with Gasteiger partial charge >= 0.3 is 6.61 Å². The number of aromatic amines is 1. The van der Waals surface area contributed by atoms with Crippen LogP contribution < -0.4 is 10.1 Å². The summed E-state index contributed by atoms with van der Waals surface area (Å²) in [7, 11) is 0. The molecule has 2 rings (SSSR count). The maximum Gasteiger partial charge on any atom is 0.387 e. The van der Waals surface area contributed by atoms with Crippen LogP contribution in [0.4, 0.5) is 14.5 Å². The Labute approximate surface area is 135 Å². The highest BCUT2D eigenvalue weighted by Crippen LogP contribution is 2.29. The number of aryl methyl sites for hydroxylation is 1. The summed E-state index contributed by atoms with van der Waals surface area (Å²) in [5, 5.41) is 8.85. The molecule has 0 spiro atoms. The smallest absolute Gasteiger partial charge is 0.387 e. The topological polar surface area (TPSA) is 67.0 Å². The fourth-order valence-corrected chi connectivity index (χ4v) is 2.20. The Bertz CT molecular complexity index is 677. The average molecular weight is 425 g/mol. The van der Waals surface area contributed by atoms with Crippen LogP contribution >= 0.6 is 31.9 Å². The van der Waals surface area contributed by atoms with Crippen molar-refractivity contribution in [2.75, 3.05) is 5.32 Å². The van der Waals surface area contributed by atoms with Gasteiger partial charge < -0.3 is 10.1 Å². The van der Waals surface area contributed by atoms with Crippen molar-refractivity contribution in [1.82, 2.24) is 10.2 Å². The van der Waals surface area contributed by atoms with Gasteiger partial charge in [-0.15, -0.1) is 0 Å². The zero-order chi connectivity index (χ0) is 15.6. The second kappa shape index (κ2) is 6.52. The molecule has 112 valence electrons. The van der Waals surface area contributed by atoms with Gasteiger partial charge in [0.05, 0.1) is 10.2 Å². The average Bonchev–Trinajstić information content (AvgIpc) is 2.72. The predicted octanol–water partition coefficient (Wildman–Crippen LogP) is 4.10. The first kappa shape index (κ1) is 15.9. The summed E-state index contributed by atoms with van der Waals surface area (Å²) in [4.78, 5) is 12.1. The van der Waals surface area contributed by atoms with Crippen molar-refractivity contribution in [3.05, 3.63) is 38.5 Å². The Kier molecular flexibility index (Phi) is 4.94. The molecule has 5 nitrogen and oxygen atoms in total. The number of carbonyl (C=O) groups excluding carboxylic acids is 1. The molecule has 0 atom stereocenters. The van der Waals surface area contributed by atoms with Crippen LogP contribution in [0.2, 0.25) is 0 Å². The molecule has 0 unspecified atom stereocenters. The normalized spacial score (nSPS) is 10.8. The molecule has 1 amide bonds. The first-order valence-electron chi connectivity index (χ1n) is 5.64. The lowest BCUT2D eigenvalue weighted by molar-refractivity contribution is -0.0494. The van der Waals surface area contributed by atoms with E-state index in [1.807, 2.05) is 0 Å². The van der Waals surface area contributed by atoms with Gasteiger partial charge in [-0.2, -0.15) is 13.9 Å². The van der Waals surface area contributed by atoms with Gasteiger partial charge in [0.25, 0.3) is 5.91 Å². The molecule has 0 bridgehead atoms. The molecular weight excluding hydrogens is 416 g/mol. The van der Waals surface area contributed by atoms with Gasteiger partial charge in [-0.1, -0.05) is 6.07 Å². The fourth-order valence-electron chi connectivity index (χ4n) is 1.57. The maximum atomic E-state index is 12.4. The second-order valence-electron chi connectivity index (χ2n) is 4.03. The van der Waals surface area contributed by atoms with E-state index in [9.17, 15) is 13.6 Å². The second-order valence-corrected chi connectivity index (χ2v) is 5.62. The van der Waals surface area contributed by atoms with Crippen molar-refractivity contribution < 1.29 is 18.3 Å². The molecule has 1 aromatic carbocycles. The minimum Gasteiger partial charge on any atom is -0.433 e. The molecule has 1 heterocycles. The molecule has 0 aliphatic carbocycles. The van der Waals surface area contributed by atoms with E-state index >= 15 is 0 Å². The van der Waals surface area contributed by atoms with Crippen LogP contribution in [0.15, 0.2) is 27.3 Å². The van der Waals surface area contributed by atoms with Gasteiger partial charge in [-0.3, -0.25) is 9.89 Å². The van der Waals surface area contributed by atoms with Crippen LogP contribution in [-0.2, 0) is 0 Å². The Hall–Kier alpha value is -1.48. The summed E-state index contributed by atoms with van der Waals surface area (Å²) in [6.07, 6.45) is 0. The lowest BCUT2D eigenvalue weighted by Crippen LogP contribution is -2.15.